The lowest BCUT2D eigenvalue weighted by Crippen LogP contribution is -2.10. The van der Waals surface area contributed by atoms with E-state index >= 15 is 0 Å². The predicted octanol–water partition coefficient (Wildman–Crippen LogP) is 5.63. The van der Waals surface area contributed by atoms with Gasteiger partial charge in [0.25, 0.3) is 0 Å². The Kier molecular flexibility index (Phi) is 5.17. The standard InChI is InChI=1S/C21H24N2O2/c1-4-5-6-7-20(24)22-16-9-11-19-18(13-16)23-21(25-19)17-10-8-14(2)12-15(17)3/h8-13H,4-7H2,1-3H3,(H,22,24). The van der Waals surface area contributed by atoms with Gasteiger partial charge in [0.1, 0.15) is 5.52 Å². The lowest BCUT2D eigenvalue weighted by Gasteiger charge is -2.04. The van der Waals surface area contributed by atoms with Crippen molar-refractivity contribution < 1.29 is 9.21 Å². The molecule has 0 fully saturated rings. The molecule has 3 rings (SSSR count). The second-order valence-electron chi connectivity index (χ2n) is 6.53. The van der Waals surface area contributed by atoms with Gasteiger partial charge in [-0.25, -0.2) is 4.98 Å². The van der Waals surface area contributed by atoms with Crippen molar-refractivity contribution in [1.29, 1.82) is 0 Å². The molecule has 1 N–H and O–H groups in total. The van der Waals surface area contributed by atoms with Crippen LogP contribution in [0, 0.1) is 13.8 Å². The van der Waals surface area contributed by atoms with Crippen LogP contribution in [0.1, 0.15) is 43.7 Å². The van der Waals surface area contributed by atoms with Gasteiger partial charge >= 0.3 is 0 Å². The van der Waals surface area contributed by atoms with Crippen molar-refractivity contribution in [2.24, 2.45) is 0 Å². The van der Waals surface area contributed by atoms with E-state index in [1.165, 1.54) is 5.56 Å². The Morgan fingerprint density at radius 3 is 2.72 bits per heavy atom. The summed E-state index contributed by atoms with van der Waals surface area (Å²) in [7, 11) is 0. The zero-order chi connectivity index (χ0) is 17.8. The van der Waals surface area contributed by atoms with Crippen LogP contribution in [0.3, 0.4) is 0 Å². The van der Waals surface area contributed by atoms with Gasteiger partial charge < -0.3 is 9.73 Å². The monoisotopic (exact) mass is 336 g/mol. The summed E-state index contributed by atoms with van der Waals surface area (Å²) in [6.45, 7) is 6.25. The highest BCUT2D eigenvalue weighted by Crippen LogP contribution is 2.28. The molecule has 25 heavy (non-hydrogen) atoms. The third kappa shape index (κ3) is 4.08. The Hall–Kier alpha value is -2.62. The highest BCUT2D eigenvalue weighted by atomic mass is 16.3. The molecular formula is C21H24N2O2. The fourth-order valence-electron chi connectivity index (χ4n) is 2.93. The van der Waals surface area contributed by atoms with Crippen molar-refractivity contribution in [1.82, 2.24) is 4.98 Å². The van der Waals surface area contributed by atoms with E-state index in [4.69, 9.17) is 4.42 Å². The first-order valence-electron chi connectivity index (χ1n) is 8.85. The van der Waals surface area contributed by atoms with Crippen LogP contribution in [0.5, 0.6) is 0 Å². The van der Waals surface area contributed by atoms with Crippen LogP contribution in [0.15, 0.2) is 40.8 Å². The molecule has 1 heterocycles. The summed E-state index contributed by atoms with van der Waals surface area (Å²) in [5, 5.41) is 2.94. The minimum absolute atomic E-state index is 0.0471. The van der Waals surface area contributed by atoms with Crippen LogP contribution < -0.4 is 5.32 Å². The molecule has 0 bridgehead atoms. The number of anilines is 1. The Labute approximate surface area is 148 Å². The second kappa shape index (κ2) is 7.51. The molecule has 2 aromatic carbocycles. The first-order valence-corrected chi connectivity index (χ1v) is 8.85. The number of aryl methyl sites for hydroxylation is 2. The lowest BCUT2D eigenvalue weighted by molar-refractivity contribution is -0.116. The van der Waals surface area contributed by atoms with E-state index in [-0.39, 0.29) is 5.91 Å². The predicted molar refractivity (Wildman–Crippen MR) is 102 cm³/mol. The zero-order valence-electron chi connectivity index (χ0n) is 15.1. The number of fused-ring (bicyclic) bond motifs is 1. The summed E-state index contributed by atoms with van der Waals surface area (Å²) in [6.07, 6.45) is 3.66. The van der Waals surface area contributed by atoms with Gasteiger partial charge in [-0.1, -0.05) is 37.5 Å². The van der Waals surface area contributed by atoms with Crippen LogP contribution in [0.4, 0.5) is 5.69 Å². The molecule has 0 aliphatic carbocycles. The summed E-state index contributed by atoms with van der Waals surface area (Å²) in [6, 6.07) is 11.8. The Morgan fingerprint density at radius 2 is 1.96 bits per heavy atom. The van der Waals surface area contributed by atoms with Gasteiger partial charge in [0.2, 0.25) is 11.8 Å². The molecule has 1 amide bonds. The van der Waals surface area contributed by atoms with Crippen molar-refractivity contribution >= 4 is 22.7 Å². The third-order valence-corrected chi connectivity index (χ3v) is 4.29. The normalized spacial score (nSPS) is 11.0. The molecular weight excluding hydrogens is 312 g/mol. The van der Waals surface area contributed by atoms with Crippen LogP contribution in [0.25, 0.3) is 22.6 Å². The molecule has 0 saturated carbocycles. The van der Waals surface area contributed by atoms with Crippen molar-refractivity contribution in [3.05, 3.63) is 47.5 Å². The van der Waals surface area contributed by atoms with Crippen molar-refractivity contribution in [2.75, 3.05) is 5.32 Å². The fourth-order valence-corrected chi connectivity index (χ4v) is 2.93. The number of oxazole rings is 1. The average Bonchev–Trinajstić information content (AvgIpc) is 2.98. The fraction of sp³-hybridized carbons (Fsp3) is 0.333. The summed E-state index contributed by atoms with van der Waals surface area (Å²) < 4.78 is 5.89. The second-order valence-corrected chi connectivity index (χ2v) is 6.53. The SMILES string of the molecule is CCCCCC(=O)Nc1ccc2oc(-c3ccc(C)cc3C)nc2c1. The van der Waals surface area contributed by atoms with E-state index in [2.05, 4.69) is 43.2 Å². The highest BCUT2D eigenvalue weighted by Gasteiger charge is 2.12. The number of rotatable bonds is 6. The van der Waals surface area contributed by atoms with E-state index < -0.39 is 0 Å². The van der Waals surface area contributed by atoms with E-state index in [1.54, 1.807) is 0 Å². The Bertz CT molecular complexity index is 896. The number of carbonyl (C=O) groups is 1. The Morgan fingerprint density at radius 1 is 1.12 bits per heavy atom. The van der Waals surface area contributed by atoms with Crippen molar-refractivity contribution in [2.45, 2.75) is 46.5 Å². The summed E-state index contributed by atoms with van der Waals surface area (Å²) in [5.74, 6) is 0.657. The summed E-state index contributed by atoms with van der Waals surface area (Å²) >= 11 is 0. The van der Waals surface area contributed by atoms with Crippen LogP contribution in [-0.4, -0.2) is 10.9 Å². The topological polar surface area (TPSA) is 55.1 Å². The summed E-state index contributed by atoms with van der Waals surface area (Å²) in [5.41, 5.74) is 5.57. The smallest absolute Gasteiger partial charge is 0.227 e. The molecule has 130 valence electrons. The number of carbonyl (C=O) groups excluding carboxylic acids is 1. The minimum Gasteiger partial charge on any atom is -0.436 e. The minimum atomic E-state index is 0.0471. The van der Waals surface area contributed by atoms with Gasteiger partial charge in [-0.2, -0.15) is 0 Å². The molecule has 0 atom stereocenters. The van der Waals surface area contributed by atoms with Gasteiger partial charge in [0, 0.05) is 17.7 Å². The van der Waals surface area contributed by atoms with Crippen molar-refractivity contribution in [3.63, 3.8) is 0 Å². The number of hydrogen-bond donors (Lipinski definition) is 1. The first-order chi connectivity index (χ1) is 12.1. The van der Waals surface area contributed by atoms with E-state index in [1.807, 2.05) is 24.3 Å². The molecule has 0 unspecified atom stereocenters. The molecule has 4 nitrogen and oxygen atoms in total. The molecule has 1 aromatic heterocycles. The highest BCUT2D eigenvalue weighted by molar-refractivity contribution is 5.93. The number of nitrogens with one attached hydrogen (secondary N) is 1. The Balaban J connectivity index is 1.80. The maximum absolute atomic E-state index is 12.0. The number of nitrogens with zero attached hydrogens (tertiary/aromatic N) is 1. The van der Waals surface area contributed by atoms with Gasteiger partial charge in [-0.15, -0.1) is 0 Å². The van der Waals surface area contributed by atoms with E-state index in [0.29, 0.717) is 12.3 Å². The molecule has 0 spiro atoms. The number of amides is 1. The maximum Gasteiger partial charge on any atom is 0.227 e. The van der Waals surface area contributed by atoms with Gasteiger partial charge in [0.05, 0.1) is 0 Å². The van der Waals surface area contributed by atoms with Crippen LogP contribution in [0.2, 0.25) is 0 Å². The molecule has 0 aliphatic heterocycles. The number of hydrogen-bond acceptors (Lipinski definition) is 3. The zero-order valence-corrected chi connectivity index (χ0v) is 15.1. The quantitative estimate of drug-likeness (QED) is 0.593. The molecule has 0 saturated heterocycles. The van der Waals surface area contributed by atoms with Gasteiger partial charge in [-0.3, -0.25) is 4.79 Å². The lowest BCUT2D eigenvalue weighted by atomic mass is 10.1. The molecule has 0 radical (unpaired) electrons. The van der Waals surface area contributed by atoms with Crippen molar-refractivity contribution in [3.8, 4) is 11.5 Å². The molecule has 4 heteroatoms. The van der Waals surface area contributed by atoms with Crippen LogP contribution in [-0.2, 0) is 4.79 Å². The third-order valence-electron chi connectivity index (χ3n) is 4.29. The first kappa shape index (κ1) is 17.2. The van der Waals surface area contributed by atoms with Gasteiger partial charge in [0.15, 0.2) is 5.58 Å². The number of aromatic nitrogens is 1. The van der Waals surface area contributed by atoms with E-state index in [9.17, 15) is 4.79 Å². The number of benzene rings is 2. The molecule has 0 aliphatic rings. The average molecular weight is 336 g/mol. The summed E-state index contributed by atoms with van der Waals surface area (Å²) in [4.78, 5) is 16.6. The number of unbranched alkanes of at least 4 members (excludes halogenated alkanes) is 2. The van der Waals surface area contributed by atoms with E-state index in [0.717, 1.165) is 47.2 Å². The van der Waals surface area contributed by atoms with Crippen LogP contribution >= 0.6 is 0 Å². The molecule has 3 aromatic rings. The van der Waals surface area contributed by atoms with Gasteiger partial charge in [-0.05, 0) is 50.1 Å². The largest absolute Gasteiger partial charge is 0.436 e. The maximum atomic E-state index is 12.0.